The van der Waals surface area contributed by atoms with E-state index in [2.05, 4.69) is 10.0 Å². The molecule has 0 fully saturated rings. The van der Waals surface area contributed by atoms with E-state index in [9.17, 15) is 13.2 Å². The Hall–Kier alpha value is -2.54. The zero-order valence-electron chi connectivity index (χ0n) is 13.6. The fourth-order valence-corrected chi connectivity index (χ4v) is 3.12. The zero-order chi connectivity index (χ0) is 17.6. The number of sulfonamides is 1. The van der Waals surface area contributed by atoms with E-state index >= 15 is 0 Å². The Morgan fingerprint density at radius 1 is 1.04 bits per heavy atom. The van der Waals surface area contributed by atoms with Crippen molar-refractivity contribution in [2.24, 2.45) is 0 Å². The van der Waals surface area contributed by atoms with Crippen molar-refractivity contribution in [3.63, 3.8) is 0 Å². The average molecular weight is 348 g/mol. The summed E-state index contributed by atoms with van der Waals surface area (Å²) in [6.07, 6.45) is 0.252. The zero-order valence-corrected chi connectivity index (χ0v) is 14.4. The van der Waals surface area contributed by atoms with Crippen LogP contribution in [0.1, 0.15) is 12.5 Å². The first kappa shape index (κ1) is 17.8. The number of hydrogen-bond donors (Lipinski definition) is 2. The largest absolute Gasteiger partial charge is 0.494 e. The summed E-state index contributed by atoms with van der Waals surface area (Å²) in [5.41, 5.74) is 1.24. The minimum atomic E-state index is -3.67. The molecule has 2 rings (SSSR count). The lowest BCUT2D eigenvalue weighted by atomic mass is 10.1. The molecule has 2 N–H and O–H groups in total. The number of hydrogen-bond acceptors (Lipinski definition) is 4. The van der Waals surface area contributed by atoms with Crippen molar-refractivity contribution >= 4 is 21.6 Å². The molecular formula is C17H20N2O4S. The number of carbonyl (C=O) groups is 1. The Morgan fingerprint density at radius 3 is 2.21 bits per heavy atom. The molecule has 0 bridgehead atoms. The summed E-state index contributed by atoms with van der Waals surface area (Å²) < 4.78 is 32.5. The molecule has 0 heterocycles. The molecule has 7 heteroatoms. The van der Waals surface area contributed by atoms with Crippen molar-refractivity contribution in [3.8, 4) is 5.75 Å². The number of rotatable bonds is 7. The highest BCUT2D eigenvalue weighted by atomic mass is 32.2. The van der Waals surface area contributed by atoms with Gasteiger partial charge in [0.05, 0.1) is 17.9 Å². The van der Waals surface area contributed by atoms with E-state index < -0.39 is 10.0 Å². The summed E-state index contributed by atoms with van der Waals surface area (Å²) in [4.78, 5) is 11.5. The van der Waals surface area contributed by atoms with Crippen molar-refractivity contribution in [2.45, 2.75) is 18.2 Å². The van der Waals surface area contributed by atoms with Gasteiger partial charge in [-0.25, -0.2) is 8.42 Å². The van der Waals surface area contributed by atoms with Crippen molar-refractivity contribution in [1.82, 2.24) is 5.32 Å². The van der Waals surface area contributed by atoms with Crippen LogP contribution in [0.5, 0.6) is 5.75 Å². The topological polar surface area (TPSA) is 84.5 Å². The van der Waals surface area contributed by atoms with Gasteiger partial charge in [0.2, 0.25) is 5.91 Å². The van der Waals surface area contributed by atoms with Crippen LogP contribution in [0.4, 0.5) is 5.69 Å². The Labute approximate surface area is 141 Å². The minimum absolute atomic E-state index is 0.0993. The van der Waals surface area contributed by atoms with Gasteiger partial charge in [0.1, 0.15) is 5.75 Å². The summed E-state index contributed by atoms with van der Waals surface area (Å²) in [5.74, 6) is 0.521. The molecule has 0 radical (unpaired) electrons. The highest BCUT2D eigenvalue weighted by molar-refractivity contribution is 7.92. The van der Waals surface area contributed by atoms with Gasteiger partial charge in [0, 0.05) is 12.7 Å². The second kappa shape index (κ2) is 7.83. The molecule has 24 heavy (non-hydrogen) atoms. The molecule has 0 aliphatic heterocycles. The number of nitrogens with one attached hydrogen (secondary N) is 2. The second-order valence-electron chi connectivity index (χ2n) is 5.06. The summed E-state index contributed by atoms with van der Waals surface area (Å²) in [7, 11) is -2.10. The molecule has 0 aliphatic carbocycles. The van der Waals surface area contributed by atoms with E-state index in [1.807, 2.05) is 6.92 Å². The van der Waals surface area contributed by atoms with E-state index in [4.69, 9.17) is 4.74 Å². The highest BCUT2D eigenvalue weighted by Crippen LogP contribution is 2.19. The summed E-state index contributed by atoms with van der Waals surface area (Å²) in [6, 6.07) is 12.9. The quantitative estimate of drug-likeness (QED) is 0.803. The normalized spacial score (nSPS) is 10.9. The lowest BCUT2D eigenvalue weighted by Gasteiger charge is -2.10. The lowest BCUT2D eigenvalue weighted by Crippen LogP contribution is -2.19. The minimum Gasteiger partial charge on any atom is -0.494 e. The first-order chi connectivity index (χ1) is 11.4. The fourth-order valence-electron chi connectivity index (χ4n) is 2.06. The van der Waals surface area contributed by atoms with Crippen LogP contribution in [0.15, 0.2) is 53.4 Å². The van der Waals surface area contributed by atoms with Crippen molar-refractivity contribution in [3.05, 3.63) is 54.1 Å². The number of ether oxygens (including phenoxy) is 1. The number of likely N-dealkylation sites (N-methyl/N-ethyl adjacent to an activating group) is 1. The van der Waals surface area contributed by atoms with Gasteiger partial charge in [0.25, 0.3) is 10.0 Å². The van der Waals surface area contributed by atoms with E-state index in [-0.39, 0.29) is 17.2 Å². The molecule has 0 spiro atoms. The second-order valence-corrected chi connectivity index (χ2v) is 6.74. The SMILES string of the molecule is CCOc1ccc(S(=O)(=O)Nc2ccc(CC(=O)NC)cc2)cc1. The van der Waals surface area contributed by atoms with Crippen LogP contribution >= 0.6 is 0 Å². The highest BCUT2D eigenvalue weighted by Gasteiger charge is 2.14. The first-order valence-corrected chi connectivity index (χ1v) is 8.98. The molecule has 0 aliphatic rings. The summed E-state index contributed by atoms with van der Waals surface area (Å²) in [5, 5.41) is 2.54. The Bertz CT molecular complexity index is 784. The number of carbonyl (C=O) groups excluding carboxylic acids is 1. The Balaban J connectivity index is 2.09. The Kier molecular flexibility index (Phi) is 5.81. The van der Waals surface area contributed by atoms with Gasteiger partial charge in [-0.2, -0.15) is 0 Å². The van der Waals surface area contributed by atoms with Crippen LogP contribution in [-0.2, 0) is 21.2 Å². The number of anilines is 1. The van der Waals surface area contributed by atoms with Gasteiger partial charge >= 0.3 is 0 Å². The Morgan fingerprint density at radius 2 is 1.67 bits per heavy atom. The van der Waals surface area contributed by atoms with Gasteiger partial charge in [0.15, 0.2) is 0 Å². The predicted octanol–water partition coefficient (Wildman–Crippen LogP) is 2.17. The molecule has 0 saturated heterocycles. The van der Waals surface area contributed by atoms with Gasteiger partial charge in [-0.3, -0.25) is 9.52 Å². The van der Waals surface area contributed by atoms with Crippen molar-refractivity contribution in [2.75, 3.05) is 18.4 Å². The average Bonchev–Trinajstić information content (AvgIpc) is 2.57. The third-order valence-corrected chi connectivity index (χ3v) is 4.69. The van der Waals surface area contributed by atoms with Crippen LogP contribution in [-0.4, -0.2) is 28.0 Å². The molecule has 6 nitrogen and oxygen atoms in total. The molecule has 0 saturated carbocycles. The van der Waals surface area contributed by atoms with Gasteiger partial charge in [-0.15, -0.1) is 0 Å². The molecule has 1 amide bonds. The van der Waals surface area contributed by atoms with Gasteiger partial charge in [-0.1, -0.05) is 12.1 Å². The fraction of sp³-hybridized carbons (Fsp3) is 0.235. The molecule has 0 aromatic heterocycles. The van der Waals surface area contributed by atoms with E-state index in [1.54, 1.807) is 43.4 Å². The third-order valence-electron chi connectivity index (χ3n) is 3.29. The van der Waals surface area contributed by atoms with Gasteiger partial charge in [-0.05, 0) is 48.9 Å². The lowest BCUT2D eigenvalue weighted by molar-refractivity contribution is -0.119. The van der Waals surface area contributed by atoms with Crippen LogP contribution in [0, 0.1) is 0 Å². The molecule has 0 atom stereocenters. The van der Waals surface area contributed by atoms with E-state index in [1.165, 1.54) is 12.1 Å². The molecule has 2 aromatic rings. The standard InChI is InChI=1S/C17H20N2O4S/c1-3-23-15-8-10-16(11-9-15)24(21,22)19-14-6-4-13(5-7-14)12-17(20)18-2/h4-11,19H,3,12H2,1-2H3,(H,18,20). The number of benzene rings is 2. The van der Waals surface area contributed by atoms with E-state index in [0.29, 0.717) is 18.0 Å². The predicted molar refractivity (Wildman–Crippen MR) is 92.6 cm³/mol. The molecular weight excluding hydrogens is 328 g/mol. The maximum absolute atomic E-state index is 12.4. The van der Waals surface area contributed by atoms with Crippen LogP contribution in [0.2, 0.25) is 0 Å². The monoisotopic (exact) mass is 348 g/mol. The van der Waals surface area contributed by atoms with Crippen molar-refractivity contribution < 1.29 is 17.9 Å². The maximum Gasteiger partial charge on any atom is 0.261 e. The van der Waals surface area contributed by atoms with Crippen molar-refractivity contribution in [1.29, 1.82) is 0 Å². The number of amides is 1. The summed E-state index contributed by atoms with van der Waals surface area (Å²) in [6.45, 7) is 2.38. The first-order valence-electron chi connectivity index (χ1n) is 7.50. The van der Waals surface area contributed by atoms with Gasteiger partial charge < -0.3 is 10.1 Å². The van der Waals surface area contributed by atoms with Crippen LogP contribution in [0.25, 0.3) is 0 Å². The summed E-state index contributed by atoms with van der Waals surface area (Å²) >= 11 is 0. The molecule has 2 aromatic carbocycles. The van der Waals surface area contributed by atoms with Crippen LogP contribution in [0.3, 0.4) is 0 Å². The van der Waals surface area contributed by atoms with E-state index in [0.717, 1.165) is 5.56 Å². The smallest absolute Gasteiger partial charge is 0.261 e. The molecule has 0 unspecified atom stereocenters. The maximum atomic E-state index is 12.4. The molecule has 128 valence electrons. The third kappa shape index (κ3) is 4.73. The van der Waals surface area contributed by atoms with Crippen LogP contribution < -0.4 is 14.8 Å².